The number of sulfone groups is 1. The first-order chi connectivity index (χ1) is 7.94. The van der Waals surface area contributed by atoms with Crippen LogP contribution in [0.25, 0.3) is 0 Å². The zero-order chi connectivity index (χ0) is 14.6. The largest absolute Gasteiger partial charge is 0.352 e. The Balaban J connectivity index is 4.45. The van der Waals surface area contributed by atoms with Gasteiger partial charge in [-0.05, 0) is 18.8 Å². The average molecular weight is 278 g/mol. The number of amides is 1. The van der Waals surface area contributed by atoms with Crippen LogP contribution in [0.5, 0.6) is 0 Å². The molecule has 0 spiro atoms. The van der Waals surface area contributed by atoms with Gasteiger partial charge in [-0.15, -0.1) is 0 Å². The van der Waals surface area contributed by atoms with Gasteiger partial charge in [-0.3, -0.25) is 4.79 Å². The van der Waals surface area contributed by atoms with Gasteiger partial charge in [0.25, 0.3) is 0 Å². The quantitative estimate of drug-likeness (QED) is 0.742. The number of carbonyl (C=O) groups excluding carboxylic acids is 1. The number of nitrogens with one attached hydrogen (secondary N) is 1. The summed E-state index contributed by atoms with van der Waals surface area (Å²) in [4.78, 5) is 12.0. The third kappa shape index (κ3) is 8.47. The maximum atomic E-state index is 12.0. The Kier molecular flexibility index (Phi) is 6.29. The molecule has 6 heteroatoms. The van der Waals surface area contributed by atoms with Gasteiger partial charge in [0.15, 0.2) is 0 Å². The second kappa shape index (κ2) is 6.52. The number of hydrogen-bond acceptors (Lipinski definition) is 4. The number of rotatable bonds is 6. The molecule has 0 heterocycles. The third-order valence-corrected chi connectivity index (χ3v) is 3.56. The SMILES string of the molecule is CC(CS(C)(=O)=O)NC(=O)C(CN)CC(C)(C)C. The molecule has 0 fully saturated rings. The Morgan fingerprint density at radius 1 is 1.33 bits per heavy atom. The smallest absolute Gasteiger partial charge is 0.224 e. The molecular formula is C12H26N2O3S. The van der Waals surface area contributed by atoms with Crippen LogP contribution < -0.4 is 11.1 Å². The standard InChI is InChI=1S/C12H26N2O3S/c1-9(8-18(5,16)17)14-11(15)10(7-13)6-12(2,3)4/h9-10H,6-8,13H2,1-5H3,(H,14,15). The molecule has 2 atom stereocenters. The molecule has 0 radical (unpaired) electrons. The van der Waals surface area contributed by atoms with Crippen LogP contribution in [-0.4, -0.2) is 38.9 Å². The highest BCUT2D eigenvalue weighted by atomic mass is 32.2. The summed E-state index contributed by atoms with van der Waals surface area (Å²) in [7, 11) is -3.08. The van der Waals surface area contributed by atoms with Gasteiger partial charge < -0.3 is 11.1 Å². The van der Waals surface area contributed by atoms with E-state index in [9.17, 15) is 13.2 Å². The van der Waals surface area contributed by atoms with E-state index in [4.69, 9.17) is 5.73 Å². The fourth-order valence-corrected chi connectivity index (χ4v) is 2.87. The second-order valence-corrected chi connectivity index (χ2v) is 8.38. The highest BCUT2D eigenvalue weighted by Gasteiger charge is 2.25. The van der Waals surface area contributed by atoms with Gasteiger partial charge in [0, 0.05) is 18.8 Å². The first kappa shape index (κ1) is 17.4. The normalized spacial score (nSPS) is 16.1. The van der Waals surface area contributed by atoms with Crippen LogP contribution in [0.15, 0.2) is 0 Å². The Bertz CT molecular complexity index is 371. The van der Waals surface area contributed by atoms with Crippen molar-refractivity contribution in [1.82, 2.24) is 5.32 Å². The number of carbonyl (C=O) groups is 1. The van der Waals surface area contributed by atoms with E-state index in [0.29, 0.717) is 6.42 Å². The molecule has 0 saturated heterocycles. The lowest BCUT2D eigenvalue weighted by Gasteiger charge is -2.25. The first-order valence-corrected chi connectivity index (χ1v) is 8.19. The van der Waals surface area contributed by atoms with E-state index < -0.39 is 9.84 Å². The van der Waals surface area contributed by atoms with E-state index in [1.807, 2.05) is 20.8 Å². The van der Waals surface area contributed by atoms with Gasteiger partial charge in [-0.25, -0.2) is 8.42 Å². The van der Waals surface area contributed by atoms with Gasteiger partial charge in [0.05, 0.1) is 11.7 Å². The lowest BCUT2D eigenvalue weighted by Crippen LogP contribution is -2.43. The van der Waals surface area contributed by atoms with E-state index in [0.717, 1.165) is 6.26 Å². The number of hydrogen-bond donors (Lipinski definition) is 2. The minimum atomic E-state index is -3.08. The number of nitrogens with two attached hydrogens (primary N) is 1. The molecule has 5 nitrogen and oxygen atoms in total. The summed E-state index contributed by atoms with van der Waals surface area (Å²) in [6, 6.07) is -0.387. The van der Waals surface area contributed by atoms with E-state index in [2.05, 4.69) is 5.32 Å². The predicted octanol–water partition coefficient (Wildman–Crippen LogP) is 0.547. The molecule has 0 rings (SSSR count). The molecule has 108 valence electrons. The molecule has 0 aliphatic rings. The lowest BCUT2D eigenvalue weighted by molar-refractivity contribution is -0.126. The van der Waals surface area contributed by atoms with Crippen molar-refractivity contribution in [3.8, 4) is 0 Å². The van der Waals surface area contributed by atoms with Crippen LogP contribution >= 0.6 is 0 Å². The summed E-state index contributed by atoms with van der Waals surface area (Å²) in [6.07, 6.45) is 1.84. The molecule has 2 unspecified atom stereocenters. The van der Waals surface area contributed by atoms with Gasteiger partial charge in [-0.1, -0.05) is 20.8 Å². The summed E-state index contributed by atoms with van der Waals surface area (Å²) in [5.74, 6) is -0.485. The molecular weight excluding hydrogens is 252 g/mol. The monoisotopic (exact) mass is 278 g/mol. The molecule has 1 amide bonds. The molecule has 0 aromatic carbocycles. The van der Waals surface area contributed by atoms with Crippen LogP contribution in [0.4, 0.5) is 0 Å². The molecule has 0 aromatic rings. The van der Waals surface area contributed by atoms with Crippen molar-refractivity contribution < 1.29 is 13.2 Å². The van der Waals surface area contributed by atoms with Crippen molar-refractivity contribution in [2.75, 3.05) is 18.6 Å². The van der Waals surface area contributed by atoms with Gasteiger partial charge in [-0.2, -0.15) is 0 Å². The minimum Gasteiger partial charge on any atom is -0.352 e. The molecule has 0 aromatic heterocycles. The molecule has 3 N–H and O–H groups in total. The zero-order valence-corrected chi connectivity index (χ0v) is 12.8. The Morgan fingerprint density at radius 2 is 1.83 bits per heavy atom. The van der Waals surface area contributed by atoms with Crippen molar-refractivity contribution in [1.29, 1.82) is 0 Å². The van der Waals surface area contributed by atoms with Crippen molar-refractivity contribution in [3.63, 3.8) is 0 Å². The van der Waals surface area contributed by atoms with Crippen molar-refractivity contribution in [3.05, 3.63) is 0 Å². The molecule has 0 aliphatic carbocycles. The predicted molar refractivity (Wildman–Crippen MR) is 73.9 cm³/mol. The van der Waals surface area contributed by atoms with Crippen molar-refractivity contribution in [2.45, 2.75) is 40.2 Å². The zero-order valence-electron chi connectivity index (χ0n) is 12.0. The average Bonchev–Trinajstić information content (AvgIpc) is 2.08. The molecule has 0 bridgehead atoms. The van der Waals surface area contributed by atoms with E-state index in [-0.39, 0.29) is 35.6 Å². The summed E-state index contributed by atoms with van der Waals surface area (Å²) < 4.78 is 22.2. The first-order valence-electron chi connectivity index (χ1n) is 6.13. The maximum absolute atomic E-state index is 12.0. The summed E-state index contributed by atoms with van der Waals surface area (Å²) >= 11 is 0. The molecule has 18 heavy (non-hydrogen) atoms. The summed E-state index contributed by atoms with van der Waals surface area (Å²) in [5, 5.41) is 2.71. The third-order valence-electron chi connectivity index (χ3n) is 2.46. The van der Waals surface area contributed by atoms with E-state index in [1.165, 1.54) is 0 Å². The molecule has 0 saturated carbocycles. The maximum Gasteiger partial charge on any atom is 0.224 e. The van der Waals surface area contributed by atoms with Crippen LogP contribution in [0.1, 0.15) is 34.1 Å². The Labute approximate surface area is 110 Å². The Hall–Kier alpha value is -0.620. The van der Waals surface area contributed by atoms with Crippen molar-refractivity contribution in [2.24, 2.45) is 17.1 Å². The highest BCUT2D eigenvalue weighted by molar-refractivity contribution is 7.90. The Morgan fingerprint density at radius 3 is 2.17 bits per heavy atom. The van der Waals surface area contributed by atoms with E-state index >= 15 is 0 Å². The van der Waals surface area contributed by atoms with Crippen LogP contribution in [0.2, 0.25) is 0 Å². The second-order valence-electron chi connectivity index (χ2n) is 6.20. The summed E-state index contributed by atoms with van der Waals surface area (Å²) in [6.45, 7) is 8.09. The molecule has 0 aliphatic heterocycles. The minimum absolute atomic E-state index is 0.0153. The van der Waals surface area contributed by atoms with Crippen LogP contribution in [0.3, 0.4) is 0 Å². The van der Waals surface area contributed by atoms with E-state index in [1.54, 1.807) is 6.92 Å². The van der Waals surface area contributed by atoms with Crippen LogP contribution in [-0.2, 0) is 14.6 Å². The fourth-order valence-electron chi connectivity index (χ4n) is 1.88. The van der Waals surface area contributed by atoms with Gasteiger partial charge >= 0.3 is 0 Å². The highest BCUT2D eigenvalue weighted by Crippen LogP contribution is 2.24. The lowest BCUT2D eigenvalue weighted by atomic mass is 9.84. The van der Waals surface area contributed by atoms with Crippen molar-refractivity contribution >= 4 is 15.7 Å². The van der Waals surface area contributed by atoms with Gasteiger partial charge in [0.2, 0.25) is 5.91 Å². The van der Waals surface area contributed by atoms with Gasteiger partial charge in [0.1, 0.15) is 9.84 Å². The summed E-state index contributed by atoms with van der Waals surface area (Å²) in [5.41, 5.74) is 5.62. The van der Waals surface area contributed by atoms with Crippen LogP contribution in [0, 0.1) is 11.3 Å². The topological polar surface area (TPSA) is 89.3 Å². The fraction of sp³-hybridized carbons (Fsp3) is 0.917.